The summed E-state index contributed by atoms with van der Waals surface area (Å²) >= 11 is 0. The fourth-order valence-corrected chi connectivity index (χ4v) is 2.47. The molecule has 0 saturated carbocycles. The predicted molar refractivity (Wildman–Crippen MR) is 86.4 cm³/mol. The monoisotopic (exact) mass is 341 g/mol. The molecule has 1 atom stereocenters. The Morgan fingerprint density at radius 3 is 2.38 bits per heavy atom. The first kappa shape index (κ1) is 18.4. The molecule has 1 aromatic carbocycles. The van der Waals surface area contributed by atoms with Crippen LogP contribution in [0.5, 0.6) is 0 Å². The van der Waals surface area contributed by atoms with Crippen molar-refractivity contribution in [2.24, 2.45) is 5.92 Å². The zero-order chi connectivity index (χ0) is 18.0. The van der Waals surface area contributed by atoms with Gasteiger partial charge in [0.15, 0.2) is 0 Å². The van der Waals surface area contributed by atoms with Crippen LogP contribution in [-0.4, -0.2) is 29.7 Å². The molecule has 0 spiro atoms. The van der Waals surface area contributed by atoms with Crippen molar-refractivity contribution < 1.29 is 22.7 Å². The lowest BCUT2D eigenvalue weighted by atomic mass is 10.1. The van der Waals surface area contributed by atoms with E-state index in [4.69, 9.17) is 4.74 Å². The second-order valence-electron chi connectivity index (χ2n) is 6.95. The van der Waals surface area contributed by atoms with Gasteiger partial charge in [-0.2, -0.15) is 13.2 Å². The second-order valence-corrected chi connectivity index (χ2v) is 6.95. The molecule has 132 valence electrons. The fourth-order valence-electron chi connectivity index (χ4n) is 2.47. The van der Waals surface area contributed by atoms with Crippen LogP contribution in [0.3, 0.4) is 0 Å². The summed E-state index contributed by atoms with van der Waals surface area (Å²) in [4.78, 5) is 13.6. The van der Waals surface area contributed by atoms with Crippen molar-refractivity contribution in [1.29, 1.82) is 0 Å². The number of benzene rings is 1. The van der Waals surface area contributed by atoms with Crippen LogP contribution in [0.25, 0.3) is 6.08 Å². The summed E-state index contributed by atoms with van der Waals surface area (Å²) in [5, 5.41) is 0. The van der Waals surface area contributed by atoms with Gasteiger partial charge in [-0.05, 0) is 50.8 Å². The molecule has 1 fully saturated rings. The molecule has 0 radical (unpaired) electrons. The number of likely N-dealkylation sites (tertiary alicyclic amines) is 1. The standard InChI is InChI=1S/C18H22F3NO2/c1-17(2,3)24-16(23)22-11-10-14(12-22)5-4-13-6-8-15(9-7-13)18(19,20)21/h4-9,14H,10-12H2,1-3H3/b5-4+. The van der Waals surface area contributed by atoms with E-state index in [2.05, 4.69) is 0 Å². The van der Waals surface area contributed by atoms with Crippen molar-refractivity contribution >= 4 is 12.2 Å². The first-order valence-electron chi connectivity index (χ1n) is 7.88. The van der Waals surface area contributed by atoms with Gasteiger partial charge in [0.05, 0.1) is 5.56 Å². The van der Waals surface area contributed by atoms with Gasteiger partial charge in [0, 0.05) is 13.1 Å². The summed E-state index contributed by atoms with van der Waals surface area (Å²) in [7, 11) is 0. The maximum absolute atomic E-state index is 12.5. The van der Waals surface area contributed by atoms with Crippen LogP contribution in [0.15, 0.2) is 30.3 Å². The quantitative estimate of drug-likeness (QED) is 0.759. The van der Waals surface area contributed by atoms with Crippen LogP contribution >= 0.6 is 0 Å². The molecule has 1 amide bonds. The molecule has 24 heavy (non-hydrogen) atoms. The lowest BCUT2D eigenvalue weighted by Crippen LogP contribution is -2.35. The molecule has 1 aliphatic rings. The highest BCUT2D eigenvalue weighted by Crippen LogP contribution is 2.29. The Morgan fingerprint density at radius 1 is 1.21 bits per heavy atom. The van der Waals surface area contributed by atoms with Gasteiger partial charge in [-0.15, -0.1) is 0 Å². The van der Waals surface area contributed by atoms with Crippen LogP contribution in [0.1, 0.15) is 38.3 Å². The van der Waals surface area contributed by atoms with E-state index in [0.717, 1.165) is 18.6 Å². The molecule has 1 aliphatic heterocycles. The second kappa shape index (κ2) is 6.87. The summed E-state index contributed by atoms with van der Waals surface area (Å²) in [5.74, 6) is 0.180. The van der Waals surface area contributed by atoms with Crippen LogP contribution in [0, 0.1) is 5.92 Å². The lowest BCUT2D eigenvalue weighted by Gasteiger charge is -2.24. The number of amides is 1. The summed E-state index contributed by atoms with van der Waals surface area (Å²) in [6, 6.07) is 5.03. The van der Waals surface area contributed by atoms with Crippen molar-refractivity contribution in [3.63, 3.8) is 0 Å². The van der Waals surface area contributed by atoms with E-state index >= 15 is 0 Å². The number of hydrogen-bond donors (Lipinski definition) is 0. The molecule has 0 N–H and O–H groups in total. The Labute approximate surface area is 140 Å². The molecule has 6 heteroatoms. The lowest BCUT2D eigenvalue weighted by molar-refractivity contribution is -0.137. The molecular formula is C18H22F3NO2. The van der Waals surface area contributed by atoms with Gasteiger partial charge < -0.3 is 9.64 Å². The molecule has 3 nitrogen and oxygen atoms in total. The number of hydrogen-bond acceptors (Lipinski definition) is 2. The molecule has 1 saturated heterocycles. The minimum Gasteiger partial charge on any atom is -0.444 e. The van der Waals surface area contributed by atoms with Crippen molar-refractivity contribution in [3.8, 4) is 0 Å². The number of alkyl halides is 3. The van der Waals surface area contributed by atoms with Crippen LogP contribution in [0.2, 0.25) is 0 Å². The number of ether oxygens (including phenoxy) is 1. The van der Waals surface area contributed by atoms with E-state index in [-0.39, 0.29) is 12.0 Å². The highest BCUT2D eigenvalue weighted by atomic mass is 19.4. The van der Waals surface area contributed by atoms with Crippen LogP contribution in [-0.2, 0) is 10.9 Å². The minimum absolute atomic E-state index is 0.180. The average molecular weight is 341 g/mol. The summed E-state index contributed by atoms with van der Waals surface area (Å²) < 4.78 is 42.9. The van der Waals surface area contributed by atoms with Crippen molar-refractivity contribution in [1.82, 2.24) is 4.90 Å². The van der Waals surface area contributed by atoms with Crippen molar-refractivity contribution in [2.75, 3.05) is 13.1 Å². The largest absolute Gasteiger partial charge is 0.444 e. The highest BCUT2D eigenvalue weighted by molar-refractivity contribution is 5.68. The number of rotatable bonds is 2. The van der Waals surface area contributed by atoms with E-state index in [9.17, 15) is 18.0 Å². The maximum Gasteiger partial charge on any atom is 0.416 e. The molecule has 0 aromatic heterocycles. The van der Waals surface area contributed by atoms with E-state index in [0.29, 0.717) is 18.7 Å². The van der Waals surface area contributed by atoms with Gasteiger partial charge in [0.2, 0.25) is 0 Å². The molecular weight excluding hydrogens is 319 g/mol. The Balaban J connectivity index is 1.91. The van der Waals surface area contributed by atoms with Crippen LogP contribution in [0.4, 0.5) is 18.0 Å². The smallest absolute Gasteiger partial charge is 0.416 e. The van der Waals surface area contributed by atoms with Crippen molar-refractivity contribution in [3.05, 3.63) is 41.5 Å². The number of halogens is 3. The summed E-state index contributed by atoms with van der Waals surface area (Å²) in [6.07, 6.45) is -0.0955. The van der Waals surface area contributed by atoms with Gasteiger partial charge >= 0.3 is 12.3 Å². The number of carbonyl (C=O) groups excluding carboxylic acids is 1. The molecule has 2 rings (SSSR count). The van der Waals surface area contributed by atoms with Gasteiger partial charge in [0.25, 0.3) is 0 Å². The van der Waals surface area contributed by atoms with E-state index in [1.165, 1.54) is 12.1 Å². The SMILES string of the molecule is CC(C)(C)OC(=O)N1CCC(/C=C/c2ccc(C(F)(F)F)cc2)C1. The Kier molecular flexibility index (Phi) is 5.26. The van der Waals surface area contributed by atoms with E-state index < -0.39 is 17.3 Å². The number of carbonyl (C=O) groups is 1. The van der Waals surface area contributed by atoms with Gasteiger partial charge in [-0.1, -0.05) is 24.3 Å². The van der Waals surface area contributed by atoms with E-state index in [1.807, 2.05) is 26.8 Å². The molecule has 1 unspecified atom stereocenters. The topological polar surface area (TPSA) is 29.5 Å². The first-order valence-corrected chi connectivity index (χ1v) is 7.88. The molecule has 0 bridgehead atoms. The van der Waals surface area contributed by atoms with E-state index in [1.54, 1.807) is 11.0 Å². The Hall–Kier alpha value is -1.98. The highest BCUT2D eigenvalue weighted by Gasteiger charge is 2.30. The third-order valence-corrected chi connectivity index (χ3v) is 3.68. The third kappa shape index (κ3) is 5.28. The summed E-state index contributed by atoms with van der Waals surface area (Å²) in [6.45, 7) is 6.65. The molecule has 0 aliphatic carbocycles. The Morgan fingerprint density at radius 2 is 1.83 bits per heavy atom. The van der Waals surface area contributed by atoms with Crippen LogP contribution < -0.4 is 0 Å². The molecule has 1 aromatic rings. The zero-order valence-electron chi connectivity index (χ0n) is 14.1. The molecule has 1 heterocycles. The zero-order valence-corrected chi connectivity index (χ0v) is 14.1. The first-order chi connectivity index (χ1) is 11.0. The third-order valence-electron chi connectivity index (χ3n) is 3.68. The summed E-state index contributed by atoms with van der Waals surface area (Å²) in [5.41, 5.74) is -0.471. The van der Waals surface area contributed by atoms with Crippen molar-refractivity contribution in [2.45, 2.75) is 39.0 Å². The maximum atomic E-state index is 12.5. The predicted octanol–water partition coefficient (Wildman–Crippen LogP) is 4.98. The number of nitrogens with zero attached hydrogens (tertiary/aromatic N) is 1. The van der Waals surface area contributed by atoms with Gasteiger partial charge in [-0.25, -0.2) is 4.79 Å². The fraction of sp³-hybridized carbons (Fsp3) is 0.500. The Bertz CT molecular complexity index is 600. The minimum atomic E-state index is -4.32. The van der Waals surface area contributed by atoms with Gasteiger partial charge in [0.1, 0.15) is 5.60 Å². The van der Waals surface area contributed by atoms with Gasteiger partial charge in [-0.3, -0.25) is 0 Å². The average Bonchev–Trinajstić information content (AvgIpc) is 2.92. The normalized spacial score (nSPS) is 19.1.